The van der Waals surface area contributed by atoms with Crippen molar-refractivity contribution in [2.45, 2.75) is 37.6 Å². The summed E-state index contributed by atoms with van der Waals surface area (Å²) < 4.78 is 31.8. The fourth-order valence-corrected chi connectivity index (χ4v) is 4.71. The molecule has 3 rings (SSSR count). The monoisotopic (exact) mass is 430 g/mol. The zero-order chi connectivity index (χ0) is 21.6. The summed E-state index contributed by atoms with van der Waals surface area (Å²) in [4.78, 5) is 24.2. The molecule has 8 heteroatoms. The van der Waals surface area contributed by atoms with E-state index in [1.807, 2.05) is 31.2 Å². The van der Waals surface area contributed by atoms with Crippen molar-refractivity contribution in [2.24, 2.45) is 0 Å². The van der Waals surface area contributed by atoms with E-state index in [-0.39, 0.29) is 10.5 Å². The van der Waals surface area contributed by atoms with E-state index in [9.17, 15) is 18.0 Å². The highest BCUT2D eigenvalue weighted by molar-refractivity contribution is 7.89. The van der Waals surface area contributed by atoms with Gasteiger partial charge in [0.1, 0.15) is 0 Å². The molecule has 1 saturated heterocycles. The van der Waals surface area contributed by atoms with Crippen LogP contribution in [0.1, 0.15) is 40.7 Å². The van der Waals surface area contributed by atoms with Gasteiger partial charge in [-0.05, 0) is 49.6 Å². The number of nitrogens with zero attached hydrogens (tertiary/aromatic N) is 1. The third-order valence-corrected chi connectivity index (χ3v) is 6.90. The van der Waals surface area contributed by atoms with Gasteiger partial charge in [0.05, 0.1) is 10.5 Å². The van der Waals surface area contributed by atoms with Gasteiger partial charge in [-0.25, -0.2) is 13.2 Å². The fourth-order valence-electron chi connectivity index (χ4n) is 3.19. The lowest BCUT2D eigenvalue weighted by Gasteiger charge is -2.25. The SMILES string of the molecule is Cc1ccc(CNC(=O)COC(=O)c2ccc(S(=O)(=O)N3CCCCC3)cc2)cc1. The van der Waals surface area contributed by atoms with Gasteiger partial charge in [0.15, 0.2) is 6.61 Å². The van der Waals surface area contributed by atoms with Gasteiger partial charge in [0.2, 0.25) is 10.0 Å². The summed E-state index contributed by atoms with van der Waals surface area (Å²) in [5.41, 5.74) is 2.28. The maximum absolute atomic E-state index is 12.6. The number of amides is 1. The van der Waals surface area contributed by atoms with E-state index >= 15 is 0 Å². The molecule has 2 aromatic carbocycles. The predicted octanol–water partition coefficient (Wildman–Crippen LogP) is 2.64. The molecule has 0 saturated carbocycles. The average Bonchev–Trinajstić information content (AvgIpc) is 2.77. The van der Waals surface area contributed by atoms with Crippen molar-refractivity contribution in [1.82, 2.24) is 9.62 Å². The van der Waals surface area contributed by atoms with Crippen molar-refractivity contribution in [1.29, 1.82) is 0 Å². The Morgan fingerprint density at radius 2 is 1.60 bits per heavy atom. The Labute approximate surface area is 177 Å². The Morgan fingerprint density at radius 3 is 2.23 bits per heavy atom. The molecule has 160 valence electrons. The van der Waals surface area contributed by atoms with Crippen LogP contribution in [0.3, 0.4) is 0 Å². The third-order valence-electron chi connectivity index (χ3n) is 4.99. The van der Waals surface area contributed by atoms with Gasteiger partial charge in [0, 0.05) is 19.6 Å². The molecule has 1 aliphatic rings. The second-order valence-corrected chi connectivity index (χ2v) is 9.27. The lowest BCUT2D eigenvalue weighted by atomic mass is 10.1. The first-order valence-corrected chi connectivity index (χ1v) is 11.4. The minimum absolute atomic E-state index is 0.150. The Kier molecular flexibility index (Phi) is 7.23. The lowest BCUT2D eigenvalue weighted by Crippen LogP contribution is -2.35. The summed E-state index contributed by atoms with van der Waals surface area (Å²) >= 11 is 0. The number of piperidine rings is 1. The standard InChI is InChI=1S/C22H26N2O5S/c1-17-5-7-18(8-6-17)15-23-21(25)16-29-22(26)19-9-11-20(12-10-19)30(27,28)24-13-3-2-4-14-24/h5-12H,2-4,13-16H2,1H3,(H,23,25). The molecule has 0 spiro atoms. The average molecular weight is 431 g/mol. The highest BCUT2D eigenvalue weighted by atomic mass is 32.2. The van der Waals surface area contributed by atoms with Crippen LogP contribution in [0.25, 0.3) is 0 Å². The van der Waals surface area contributed by atoms with E-state index in [1.165, 1.54) is 28.6 Å². The lowest BCUT2D eigenvalue weighted by molar-refractivity contribution is -0.124. The molecule has 0 bridgehead atoms. The Balaban J connectivity index is 1.50. The zero-order valence-electron chi connectivity index (χ0n) is 17.0. The predicted molar refractivity (Wildman–Crippen MR) is 112 cm³/mol. The van der Waals surface area contributed by atoms with E-state index in [0.717, 1.165) is 30.4 Å². The van der Waals surface area contributed by atoms with Crippen molar-refractivity contribution >= 4 is 21.9 Å². The Hall–Kier alpha value is -2.71. The molecule has 0 aromatic heterocycles. The summed E-state index contributed by atoms with van der Waals surface area (Å²) in [5.74, 6) is -1.09. The first kappa shape index (κ1) is 22.0. The summed E-state index contributed by atoms with van der Waals surface area (Å²) in [6, 6.07) is 13.4. The number of carbonyl (C=O) groups is 2. The molecule has 1 amide bonds. The van der Waals surface area contributed by atoms with Crippen LogP contribution in [0.5, 0.6) is 0 Å². The molecule has 1 fully saturated rings. The normalized spacial score (nSPS) is 14.8. The second-order valence-electron chi connectivity index (χ2n) is 7.33. The van der Waals surface area contributed by atoms with Crippen molar-refractivity contribution < 1.29 is 22.7 Å². The maximum atomic E-state index is 12.6. The Morgan fingerprint density at radius 1 is 0.967 bits per heavy atom. The second kappa shape index (κ2) is 9.86. The van der Waals surface area contributed by atoms with E-state index in [1.54, 1.807) is 0 Å². The molecule has 1 heterocycles. The van der Waals surface area contributed by atoms with Crippen LogP contribution < -0.4 is 5.32 Å². The van der Waals surface area contributed by atoms with E-state index in [0.29, 0.717) is 19.6 Å². The third kappa shape index (κ3) is 5.67. The minimum atomic E-state index is -3.55. The molecule has 0 atom stereocenters. The molecule has 0 aliphatic carbocycles. The molecule has 2 aromatic rings. The number of sulfonamides is 1. The van der Waals surface area contributed by atoms with Crippen molar-refractivity contribution in [3.05, 3.63) is 65.2 Å². The van der Waals surface area contributed by atoms with Crippen LogP contribution in [0.2, 0.25) is 0 Å². The van der Waals surface area contributed by atoms with E-state index in [4.69, 9.17) is 4.74 Å². The topological polar surface area (TPSA) is 92.8 Å². The Bertz CT molecular complexity index is 979. The highest BCUT2D eigenvalue weighted by Crippen LogP contribution is 2.21. The summed E-state index contributed by atoms with van der Waals surface area (Å²) in [5, 5.41) is 2.69. The summed E-state index contributed by atoms with van der Waals surface area (Å²) in [6.07, 6.45) is 2.75. The number of hydrogen-bond donors (Lipinski definition) is 1. The van der Waals surface area contributed by atoms with Gasteiger partial charge in [-0.3, -0.25) is 4.79 Å². The maximum Gasteiger partial charge on any atom is 0.338 e. The van der Waals surface area contributed by atoms with E-state index < -0.39 is 28.5 Å². The molecular formula is C22H26N2O5S. The van der Waals surface area contributed by atoms with Crippen LogP contribution in [0.4, 0.5) is 0 Å². The van der Waals surface area contributed by atoms with Crippen LogP contribution in [0.15, 0.2) is 53.4 Å². The zero-order valence-corrected chi connectivity index (χ0v) is 17.8. The van der Waals surface area contributed by atoms with Crippen molar-refractivity contribution in [3.8, 4) is 0 Å². The summed E-state index contributed by atoms with van der Waals surface area (Å²) in [7, 11) is -3.55. The van der Waals surface area contributed by atoms with Crippen molar-refractivity contribution in [3.63, 3.8) is 0 Å². The first-order chi connectivity index (χ1) is 14.4. The quantitative estimate of drug-likeness (QED) is 0.682. The highest BCUT2D eigenvalue weighted by Gasteiger charge is 2.26. The number of benzene rings is 2. The molecule has 0 radical (unpaired) electrons. The summed E-state index contributed by atoms with van der Waals surface area (Å²) in [6.45, 7) is 2.96. The molecule has 0 unspecified atom stereocenters. The van der Waals surface area contributed by atoms with Gasteiger partial charge >= 0.3 is 5.97 Å². The fraction of sp³-hybridized carbons (Fsp3) is 0.364. The first-order valence-electron chi connectivity index (χ1n) is 9.96. The van der Waals surface area contributed by atoms with Crippen LogP contribution in [-0.4, -0.2) is 44.3 Å². The van der Waals surface area contributed by atoms with Gasteiger partial charge in [0.25, 0.3) is 5.91 Å². The van der Waals surface area contributed by atoms with Gasteiger partial charge in [-0.15, -0.1) is 0 Å². The number of rotatable bonds is 7. The smallest absolute Gasteiger partial charge is 0.338 e. The van der Waals surface area contributed by atoms with Gasteiger partial charge < -0.3 is 10.1 Å². The van der Waals surface area contributed by atoms with Gasteiger partial charge in [-0.1, -0.05) is 36.2 Å². The van der Waals surface area contributed by atoms with Crippen molar-refractivity contribution in [2.75, 3.05) is 19.7 Å². The number of carbonyl (C=O) groups excluding carboxylic acids is 2. The number of ether oxygens (including phenoxy) is 1. The minimum Gasteiger partial charge on any atom is -0.452 e. The van der Waals surface area contributed by atoms with E-state index in [2.05, 4.69) is 5.32 Å². The number of esters is 1. The van der Waals surface area contributed by atoms with Crippen LogP contribution in [-0.2, 0) is 26.1 Å². The number of aryl methyl sites for hydroxylation is 1. The number of hydrogen-bond acceptors (Lipinski definition) is 5. The largest absolute Gasteiger partial charge is 0.452 e. The molecule has 1 aliphatic heterocycles. The van der Waals surface area contributed by atoms with Gasteiger partial charge in [-0.2, -0.15) is 4.31 Å². The molecule has 30 heavy (non-hydrogen) atoms. The van der Waals surface area contributed by atoms with Crippen LogP contribution in [0, 0.1) is 6.92 Å². The molecule has 7 nitrogen and oxygen atoms in total. The number of nitrogens with one attached hydrogen (secondary N) is 1. The molecule has 1 N–H and O–H groups in total. The molecular weight excluding hydrogens is 404 g/mol. The van der Waals surface area contributed by atoms with Crippen LogP contribution >= 0.6 is 0 Å².